The van der Waals surface area contributed by atoms with E-state index < -0.39 is 6.09 Å². The Balaban J connectivity index is 2.14. The van der Waals surface area contributed by atoms with E-state index in [4.69, 9.17) is 9.47 Å². The van der Waals surface area contributed by atoms with Crippen molar-refractivity contribution in [1.82, 2.24) is 0 Å². The summed E-state index contributed by atoms with van der Waals surface area (Å²) in [4.78, 5) is 11.6. The fourth-order valence-electron chi connectivity index (χ4n) is 1.56. The molecule has 0 fully saturated rings. The summed E-state index contributed by atoms with van der Waals surface area (Å²) >= 11 is 0. The molecular weight excluding hydrogens is 232 g/mol. The first-order valence-corrected chi connectivity index (χ1v) is 5.88. The second kappa shape index (κ2) is 5.08. The van der Waals surface area contributed by atoms with Gasteiger partial charge >= 0.3 is 6.09 Å². The number of carbonyl (C=O) groups is 1. The second-order valence-corrected chi connectivity index (χ2v) is 4.33. The van der Waals surface area contributed by atoms with Gasteiger partial charge in [0, 0.05) is 0 Å². The number of carbonyl (C=O) groups excluding carboxylic acids is 1. The van der Waals surface area contributed by atoms with Gasteiger partial charge in [0.05, 0.1) is 18.0 Å². The maximum absolute atomic E-state index is 11.6. The van der Waals surface area contributed by atoms with Crippen molar-refractivity contribution in [1.29, 1.82) is 0 Å². The zero-order valence-corrected chi connectivity index (χ0v) is 10.7. The van der Waals surface area contributed by atoms with Crippen molar-refractivity contribution in [2.24, 2.45) is 5.10 Å². The number of hydrogen-bond acceptors (Lipinski definition) is 4. The molecule has 0 aliphatic carbocycles. The standard InChI is InChI=1S/C13H16N2O3/c1-9(2)17-12-6-4-11(5-7-12)15-13(16)18-10(3)8-14-15/h4-10H,1-3H3. The summed E-state index contributed by atoms with van der Waals surface area (Å²) in [5.74, 6) is 0.761. The lowest BCUT2D eigenvalue weighted by Gasteiger charge is -2.23. The smallest absolute Gasteiger partial charge is 0.435 e. The maximum Gasteiger partial charge on any atom is 0.435 e. The van der Waals surface area contributed by atoms with E-state index in [0.717, 1.165) is 5.75 Å². The van der Waals surface area contributed by atoms with Gasteiger partial charge in [0.25, 0.3) is 0 Å². The first-order valence-electron chi connectivity index (χ1n) is 5.88. The van der Waals surface area contributed by atoms with Crippen LogP contribution in [-0.4, -0.2) is 24.5 Å². The molecule has 5 nitrogen and oxygen atoms in total. The Hall–Kier alpha value is -2.04. The van der Waals surface area contributed by atoms with Gasteiger partial charge in [0.1, 0.15) is 11.9 Å². The number of rotatable bonds is 3. The topological polar surface area (TPSA) is 51.1 Å². The molecule has 1 aliphatic rings. The Labute approximate surface area is 106 Å². The predicted molar refractivity (Wildman–Crippen MR) is 69.1 cm³/mol. The van der Waals surface area contributed by atoms with Crippen LogP contribution >= 0.6 is 0 Å². The van der Waals surface area contributed by atoms with Gasteiger partial charge in [-0.3, -0.25) is 0 Å². The van der Waals surface area contributed by atoms with Crippen LogP contribution in [0.1, 0.15) is 20.8 Å². The first kappa shape index (κ1) is 12.4. The number of hydrazone groups is 1. The summed E-state index contributed by atoms with van der Waals surface area (Å²) in [6, 6.07) is 7.14. The van der Waals surface area contributed by atoms with Gasteiger partial charge < -0.3 is 9.47 Å². The van der Waals surface area contributed by atoms with E-state index in [-0.39, 0.29) is 12.2 Å². The normalized spacial score (nSPS) is 19.0. The van der Waals surface area contributed by atoms with Gasteiger partial charge in [0.15, 0.2) is 0 Å². The average molecular weight is 248 g/mol. The van der Waals surface area contributed by atoms with Gasteiger partial charge in [-0.05, 0) is 45.0 Å². The number of ether oxygens (including phenoxy) is 2. The van der Waals surface area contributed by atoms with Crippen LogP contribution in [0, 0.1) is 0 Å². The zero-order valence-electron chi connectivity index (χ0n) is 10.7. The molecule has 1 aromatic carbocycles. The Morgan fingerprint density at radius 3 is 2.56 bits per heavy atom. The van der Waals surface area contributed by atoms with Crippen molar-refractivity contribution < 1.29 is 14.3 Å². The van der Waals surface area contributed by atoms with Gasteiger partial charge in [-0.1, -0.05) is 0 Å². The number of anilines is 1. The SMILES string of the molecule is CC(C)Oc1ccc(N2N=CC(C)OC2=O)cc1. The molecule has 1 heterocycles. The molecule has 0 saturated carbocycles. The van der Waals surface area contributed by atoms with E-state index in [1.807, 2.05) is 13.8 Å². The fraction of sp³-hybridized carbons (Fsp3) is 0.385. The van der Waals surface area contributed by atoms with Gasteiger partial charge in [-0.25, -0.2) is 4.79 Å². The molecule has 18 heavy (non-hydrogen) atoms. The third-order valence-electron chi connectivity index (χ3n) is 2.30. The molecule has 0 aromatic heterocycles. The highest BCUT2D eigenvalue weighted by molar-refractivity contribution is 5.92. The molecule has 1 aromatic rings. The highest BCUT2D eigenvalue weighted by atomic mass is 16.6. The van der Waals surface area contributed by atoms with Crippen molar-refractivity contribution in [3.8, 4) is 5.75 Å². The molecule has 0 bridgehead atoms. The average Bonchev–Trinajstić information content (AvgIpc) is 2.30. The highest BCUT2D eigenvalue weighted by Gasteiger charge is 2.22. The Kier molecular flexibility index (Phi) is 3.50. The van der Waals surface area contributed by atoms with Gasteiger partial charge in [0.2, 0.25) is 0 Å². The molecular formula is C13H16N2O3. The third kappa shape index (κ3) is 2.80. The van der Waals surface area contributed by atoms with Crippen LogP contribution in [0.4, 0.5) is 10.5 Å². The molecule has 2 rings (SSSR count). The minimum absolute atomic E-state index is 0.120. The monoisotopic (exact) mass is 248 g/mol. The highest BCUT2D eigenvalue weighted by Crippen LogP contribution is 2.22. The van der Waals surface area contributed by atoms with E-state index in [9.17, 15) is 4.79 Å². The van der Waals surface area contributed by atoms with Crippen molar-refractivity contribution in [3.05, 3.63) is 24.3 Å². The lowest BCUT2D eigenvalue weighted by molar-refractivity contribution is 0.138. The summed E-state index contributed by atoms with van der Waals surface area (Å²) in [5.41, 5.74) is 0.652. The number of benzene rings is 1. The molecule has 0 saturated heterocycles. The molecule has 1 aliphatic heterocycles. The zero-order chi connectivity index (χ0) is 13.1. The Morgan fingerprint density at radius 2 is 2.00 bits per heavy atom. The summed E-state index contributed by atoms with van der Waals surface area (Å²) in [5, 5.41) is 5.27. The van der Waals surface area contributed by atoms with Crippen molar-refractivity contribution in [2.45, 2.75) is 33.0 Å². The minimum Gasteiger partial charge on any atom is -0.491 e. The summed E-state index contributed by atoms with van der Waals surface area (Å²) in [6.07, 6.45) is 0.953. The van der Waals surface area contributed by atoms with Crippen LogP contribution in [-0.2, 0) is 4.74 Å². The van der Waals surface area contributed by atoms with Crippen molar-refractivity contribution >= 4 is 18.0 Å². The minimum atomic E-state index is -0.470. The molecule has 1 atom stereocenters. The lowest BCUT2D eigenvalue weighted by Crippen LogP contribution is -2.35. The van der Waals surface area contributed by atoms with Crippen LogP contribution in [0.2, 0.25) is 0 Å². The summed E-state index contributed by atoms with van der Waals surface area (Å²) < 4.78 is 10.6. The quantitative estimate of drug-likeness (QED) is 0.826. The van der Waals surface area contributed by atoms with Crippen LogP contribution in [0.3, 0.4) is 0 Å². The summed E-state index contributed by atoms with van der Waals surface area (Å²) in [6.45, 7) is 5.68. The lowest BCUT2D eigenvalue weighted by atomic mass is 10.3. The fourth-order valence-corrected chi connectivity index (χ4v) is 1.56. The Morgan fingerprint density at radius 1 is 1.33 bits per heavy atom. The Bertz CT molecular complexity index is 454. The van der Waals surface area contributed by atoms with Crippen LogP contribution < -0.4 is 9.75 Å². The van der Waals surface area contributed by atoms with Crippen LogP contribution in [0.15, 0.2) is 29.4 Å². The van der Waals surface area contributed by atoms with E-state index in [0.29, 0.717) is 5.69 Å². The van der Waals surface area contributed by atoms with E-state index in [1.54, 1.807) is 37.4 Å². The molecule has 96 valence electrons. The molecule has 0 spiro atoms. The number of nitrogens with zero attached hydrogens (tertiary/aromatic N) is 2. The molecule has 1 amide bonds. The van der Waals surface area contributed by atoms with Crippen LogP contribution in [0.25, 0.3) is 0 Å². The first-order chi connectivity index (χ1) is 8.56. The summed E-state index contributed by atoms with van der Waals surface area (Å²) in [7, 11) is 0. The third-order valence-corrected chi connectivity index (χ3v) is 2.30. The van der Waals surface area contributed by atoms with Crippen LogP contribution in [0.5, 0.6) is 5.75 Å². The van der Waals surface area contributed by atoms with E-state index in [1.165, 1.54) is 5.01 Å². The largest absolute Gasteiger partial charge is 0.491 e. The van der Waals surface area contributed by atoms with Gasteiger partial charge in [-0.2, -0.15) is 10.1 Å². The molecule has 1 unspecified atom stereocenters. The number of hydrogen-bond donors (Lipinski definition) is 0. The van der Waals surface area contributed by atoms with Crippen molar-refractivity contribution in [3.63, 3.8) is 0 Å². The maximum atomic E-state index is 11.6. The van der Waals surface area contributed by atoms with Crippen molar-refractivity contribution in [2.75, 3.05) is 5.01 Å². The number of cyclic esters (lactones) is 1. The predicted octanol–water partition coefficient (Wildman–Crippen LogP) is 2.80. The second-order valence-electron chi connectivity index (χ2n) is 4.33. The molecule has 0 N–H and O–H groups in total. The number of amides is 1. The van der Waals surface area contributed by atoms with E-state index >= 15 is 0 Å². The van der Waals surface area contributed by atoms with Gasteiger partial charge in [-0.15, -0.1) is 0 Å². The molecule has 0 radical (unpaired) electrons. The molecule has 5 heteroatoms. The van der Waals surface area contributed by atoms with E-state index in [2.05, 4.69) is 5.10 Å².